The van der Waals surface area contributed by atoms with Gasteiger partial charge in [-0.1, -0.05) is 44.2 Å². The Balaban J connectivity index is 1.91. The van der Waals surface area contributed by atoms with Crippen molar-refractivity contribution >= 4 is 18.0 Å². The van der Waals surface area contributed by atoms with Crippen LogP contribution in [-0.4, -0.2) is 61.1 Å². The Morgan fingerprint density at radius 3 is 2.48 bits per heavy atom. The largest absolute Gasteiger partial charge is 0.467 e. The zero-order valence-corrected chi connectivity index (χ0v) is 16.4. The topological polar surface area (TPSA) is 76.2 Å². The highest BCUT2D eigenvalue weighted by molar-refractivity contribution is 5.86. The molecule has 0 bridgehead atoms. The van der Waals surface area contributed by atoms with Crippen molar-refractivity contribution in [1.82, 2.24) is 9.80 Å². The van der Waals surface area contributed by atoms with Crippen LogP contribution in [0.15, 0.2) is 30.3 Å². The molecule has 2 amide bonds. The normalized spacial score (nSPS) is 17.5. The third kappa shape index (κ3) is 5.21. The van der Waals surface area contributed by atoms with Crippen molar-refractivity contribution in [3.8, 4) is 0 Å². The van der Waals surface area contributed by atoms with Crippen LogP contribution in [0.1, 0.15) is 25.8 Å². The molecule has 1 aromatic carbocycles. The maximum atomic E-state index is 12.8. The minimum atomic E-state index is -0.637. The Morgan fingerprint density at radius 2 is 1.89 bits per heavy atom. The predicted molar refractivity (Wildman–Crippen MR) is 99.7 cm³/mol. The first-order valence-electron chi connectivity index (χ1n) is 9.15. The monoisotopic (exact) mass is 376 g/mol. The number of esters is 1. The molecule has 0 radical (unpaired) electrons. The van der Waals surface area contributed by atoms with Gasteiger partial charge >= 0.3 is 12.1 Å². The minimum absolute atomic E-state index is 0.0697. The van der Waals surface area contributed by atoms with Gasteiger partial charge in [0, 0.05) is 20.1 Å². The van der Waals surface area contributed by atoms with E-state index >= 15 is 0 Å². The van der Waals surface area contributed by atoms with Gasteiger partial charge in [0.05, 0.1) is 13.0 Å². The number of carbonyl (C=O) groups is 3. The molecule has 0 saturated carbocycles. The van der Waals surface area contributed by atoms with Gasteiger partial charge in [0.2, 0.25) is 5.91 Å². The van der Waals surface area contributed by atoms with Crippen molar-refractivity contribution in [2.75, 3.05) is 27.2 Å². The number of likely N-dealkylation sites (tertiary alicyclic amines) is 1. The zero-order chi connectivity index (χ0) is 20.0. The first kappa shape index (κ1) is 20.7. The van der Waals surface area contributed by atoms with Crippen molar-refractivity contribution in [3.05, 3.63) is 35.9 Å². The van der Waals surface area contributed by atoms with Gasteiger partial charge in [-0.05, 0) is 17.9 Å². The van der Waals surface area contributed by atoms with E-state index in [0.29, 0.717) is 19.5 Å². The molecule has 7 nitrogen and oxygen atoms in total. The summed E-state index contributed by atoms with van der Waals surface area (Å²) < 4.78 is 10.2. The van der Waals surface area contributed by atoms with Crippen LogP contribution in [0, 0.1) is 11.8 Å². The van der Waals surface area contributed by atoms with Gasteiger partial charge in [-0.25, -0.2) is 9.59 Å². The number of likely N-dealkylation sites (N-methyl/N-ethyl adjacent to an activating group) is 1. The van der Waals surface area contributed by atoms with E-state index in [1.165, 1.54) is 12.0 Å². The molecule has 1 fully saturated rings. The van der Waals surface area contributed by atoms with Crippen LogP contribution in [0.4, 0.5) is 4.79 Å². The summed E-state index contributed by atoms with van der Waals surface area (Å²) >= 11 is 0. The second kappa shape index (κ2) is 9.39. The van der Waals surface area contributed by atoms with Crippen LogP contribution in [0.2, 0.25) is 0 Å². The molecule has 1 aliphatic rings. The highest BCUT2D eigenvalue weighted by Gasteiger charge is 2.38. The van der Waals surface area contributed by atoms with Crippen LogP contribution in [0.3, 0.4) is 0 Å². The van der Waals surface area contributed by atoms with E-state index in [1.54, 1.807) is 11.9 Å². The second-order valence-corrected chi connectivity index (χ2v) is 7.13. The Kier molecular flexibility index (Phi) is 7.21. The molecule has 2 rings (SSSR count). The third-order valence-electron chi connectivity index (χ3n) is 4.84. The first-order chi connectivity index (χ1) is 12.8. The summed E-state index contributed by atoms with van der Waals surface area (Å²) in [4.78, 5) is 40.1. The summed E-state index contributed by atoms with van der Waals surface area (Å²) in [6.07, 6.45) is 0.125. The maximum absolute atomic E-state index is 12.8. The van der Waals surface area contributed by atoms with Crippen molar-refractivity contribution in [2.24, 2.45) is 11.8 Å². The molecule has 0 unspecified atom stereocenters. The summed E-state index contributed by atoms with van der Waals surface area (Å²) in [5.41, 5.74) is 0.912. The number of nitrogens with zero attached hydrogens (tertiary/aromatic N) is 2. The number of benzene rings is 1. The van der Waals surface area contributed by atoms with Crippen LogP contribution < -0.4 is 0 Å². The van der Waals surface area contributed by atoms with E-state index in [0.717, 1.165) is 5.56 Å². The van der Waals surface area contributed by atoms with Crippen LogP contribution in [-0.2, 0) is 25.7 Å². The lowest BCUT2D eigenvalue weighted by Gasteiger charge is -2.30. The molecule has 0 N–H and O–H groups in total. The average molecular weight is 376 g/mol. The van der Waals surface area contributed by atoms with Gasteiger partial charge in [-0.2, -0.15) is 0 Å². The molecular formula is C20H28N2O5. The highest BCUT2D eigenvalue weighted by Crippen LogP contribution is 2.22. The summed E-state index contributed by atoms with van der Waals surface area (Å²) in [6.45, 7) is 4.69. The number of rotatable bonds is 6. The van der Waals surface area contributed by atoms with Crippen molar-refractivity contribution in [1.29, 1.82) is 0 Å². The third-order valence-corrected chi connectivity index (χ3v) is 4.84. The molecule has 2 atom stereocenters. The van der Waals surface area contributed by atoms with E-state index in [9.17, 15) is 14.4 Å². The van der Waals surface area contributed by atoms with E-state index in [1.807, 2.05) is 44.2 Å². The number of carbonyl (C=O) groups excluding carboxylic acids is 3. The number of hydrogen-bond donors (Lipinski definition) is 0. The molecule has 1 heterocycles. The molecule has 1 aliphatic heterocycles. The van der Waals surface area contributed by atoms with Crippen molar-refractivity contribution < 1.29 is 23.9 Å². The van der Waals surface area contributed by atoms with Crippen LogP contribution in [0.5, 0.6) is 0 Å². The van der Waals surface area contributed by atoms with E-state index in [2.05, 4.69) is 0 Å². The van der Waals surface area contributed by atoms with Crippen molar-refractivity contribution in [3.63, 3.8) is 0 Å². The predicted octanol–water partition coefficient (Wildman–Crippen LogP) is 2.30. The van der Waals surface area contributed by atoms with E-state index < -0.39 is 18.1 Å². The van der Waals surface area contributed by atoms with Gasteiger partial charge in [-0.3, -0.25) is 4.79 Å². The molecular weight excluding hydrogens is 348 g/mol. The summed E-state index contributed by atoms with van der Waals surface area (Å²) in [5.74, 6) is -1.000. The van der Waals surface area contributed by atoms with Gasteiger partial charge in [0.15, 0.2) is 0 Å². The standard InChI is InChI=1S/C20H28N2O5/c1-14(2)17(19(24)26-4)21(3)18(23)16-10-11-22(12-16)20(25)27-13-15-8-6-5-7-9-15/h5-9,14,16-17H,10-13H2,1-4H3/t16-,17-/m0/s1. The number of amides is 2. The molecule has 0 spiro atoms. The Labute approximate surface area is 160 Å². The number of methoxy groups -OCH3 is 1. The van der Waals surface area contributed by atoms with Gasteiger partial charge in [-0.15, -0.1) is 0 Å². The Morgan fingerprint density at radius 1 is 1.22 bits per heavy atom. The molecule has 27 heavy (non-hydrogen) atoms. The molecule has 0 aromatic heterocycles. The molecule has 148 valence electrons. The number of ether oxygens (including phenoxy) is 2. The van der Waals surface area contributed by atoms with Gasteiger partial charge in [0.1, 0.15) is 12.6 Å². The maximum Gasteiger partial charge on any atom is 0.410 e. The smallest absolute Gasteiger partial charge is 0.410 e. The molecule has 1 saturated heterocycles. The Bertz CT molecular complexity index is 662. The van der Waals surface area contributed by atoms with Crippen LogP contribution in [0.25, 0.3) is 0 Å². The molecule has 0 aliphatic carbocycles. The second-order valence-electron chi connectivity index (χ2n) is 7.13. The van der Waals surface area contributed by atoms with Gasteiger partial charge in [0.25, 0.3) is 0 Å². The summed E-state index contributed by atoms with van der Waals surface area (Å²) in [7, 11) is 2.93. The van der Waals surface area contributed by atoms with E-state index in [4.69, 9.17) is 9.47 Å². The lowest BCUT2D eigenvalue weighted by Crippen LogP contribution is -2.48. The van der Waals surface area contributed by atoms with E-state index in [-0.39, 0.29) is 24.3 Å². The fourth-order valence-electron chi connectivity index (χ4n) is 3.36. The highest BCUT2D eigenvalue weighted by atomic mass is 16.6. The lowest BCUT2D eigenvalue weighted by molar-refractivity contribution is -0.155. The van der Waals surface area contributed by atoms with Crippen molar-refractivity contribution in [2.45, 2.75) is 32.9 Å². The Hall–Kier alpha value is -2.57. The zero-order valence-electron chi connectivity index (χ0n) is 16.4. The quantitative estimate of drug-likeness (QED) is 0.712. The minimum Gasteiger partial charge on any atom is -0.467 e. The SMILES string of the molecule is COC(=O)[C@H](C(C)C)N(C)C(=O)[C@H]1CCN(C(=O)OCc2ccccc2)C1. The molecule has 7 heteroatoms. The number of hydrogen-bond acceptors (Lipinski definition) is 5. The summed E-state index contributed by atoms with van der Waals surface area (Å²) in [6, 6.07) is 8.81. The average Bonchev–Trinajstić information content (AvgIpc) is 3.16. The summed E-state index contributed by atoms with van der Waals surface area (Å²) in [5, 5.41) is 0. The first-order valence-corrected chi connectivity index (χ1v) is 9.15. The molecule has 1 aromatic rings. The van der Waals surface area contributed by atoms with Gasteiger partial charge < -0.3 is 19.3 Å². The lowest BCUT2D eigenvalue weighted by atomic mass is 10.00. The fourth-order valence-corrected chi connectivity index (χ4v) is 3.36. The fraction of sp³-hybridized carbons (Fsp3) is 0.550. The van der Waals surface area contributed by atoms with Crippen LogP contribution >= 0.6 is 0 Å².